The topological polar surface area (TPSA) is 79.0 Å². The minimum Gasteiger partial charge on any atom is -0.379 e. The molecule has 0 spiro atoms. The standard InChI is InChI=1S/C23H29N3O4S2/c1-31-19-7-5-6-18(16-19)24-23(27)21-17-20(32(28,29)26-12-14-30-15-13-26)8-9-22(21)25-10-3-2-4-11-25/h5-9,16-17H,2-4,10-15H2,1H3,(H,24,27). The number of hydrogen-bond donors (Lipinski definition) is 1. The lowest BCUT2D eigenvalue weighted by Gasteiger charge is -2.31. The van der Waals surface area contributed by atoms with Crippen LogP contribution in [-0.2, 0) is 14.8 Å². The van der Waals surface area contributed by atoms with Crippen LogP contribution in [-0.4, -0.2) is 64.3 Å². The van der Waals surface area contributed by atoms with Crippen LogP contribution in [0.5, 0.6) is 0 Å². The molecule has 2 aromatic rings. The van der Waals surface area contributed by atoms with E-state index in [1.807, 2.05) is 30.5 Å². The number of carbonyl (C=O) groups excluding carboxylic acids is 1. The Balaban J connectivity index is 1.69. The van der Waals surface area contributed by atoms with Crippen molar-refractivity contribution in [3.8, 4) is 0 Å². The quantitative estimate of drug-likeness (QED) is 0.643. The Morgan fingerprint density at radius 2 is 1.75 bits per heavy atom. The minimum atomic E-state index is -3.70. The second kappa shape index (κ2) is 10.2. The second-order valence-corrected chi connectivity index (χ2v) is 10.7. The van der Waals surface area contributed by atoms with E-state index in [9.17, 15) is 13.2 Å². The van der Waals surface area contributed by atoms with Gasteiger partial charge < -0.3 is 15.0 Å². The van der Waals surface area contributed by atoms with Crippen molar-refractivity contribution >= 4 is 39.1 Å². The smallest absolute Gasteiger partial charge is 0.257 e. The van der Waals surface area contributed by atoms with Gasteiger partial charge in [0.15, 0.2) is 0 Å². The predicted octanol–water partition coefficient (Wildman–Crippen LogP) is 3.67. The summed E-state index contributed by atoms with van der Waals surface area (Å²) in [5.74, 6) is -0.303. The van der Waals surface area contributed by atoms with Crippen molar-refractivity contribution in [1.82, 2.24) is 4.31 Å². The molecule has 0 unspecified atom stereocenters. The number of thioether (sulfide) groups is 1. The van der Waals surface area contributed by atoms with Gasteiger partial charge in [-0.05, 0) is 61.9 Å². The molecule has 172 valence electrons. The number of hydrogen-bond acceptors (Lipinski definition) is 6. The van der Waals surface area contributed by atoms with Crippen molar-refractivity contribution < 1.29 is 17.9 Å². The number of anilines is 2. The molecule has 1 amide bonds. The van der Waals surface area contributed by atoms with Crippen molar-refractivity contribution in [1.29, 1.82) is 0 Å². The first-order chi connectivity index (χ1) is 15.5. The Bertz CT molecular complexity index is 1060. The van der Waals surface area contributed by atoms with Gasteiger partial charge in [0.25, 0.3) is 5.91 Å². The molecule has 7 nitrogen and oxygen atoms in total. The molecular weight excluding hydrogens is 446 g/mol. The Hall–Kier alpha value is -2.07. The molecule has 2 saturated heterocycles. The van der Waals surface area contributed by atoms with E-state index in [0.29, 0.717) is 37.6 Å². The average molecular weight is 476 g/mol. The van der Waals surface area contributed by atoms with Crippen LogP contribution in [0.1, 0.15) is 29.6 Å². The highest BCUT2D eigenvalue weighted by molar-refractivity contribution is 7.98. The summed E-state index contributed by atoms with van der Waals surface area (Å²) in [5.41, 5.74) is 1.85. The van der Waals surface area contributed by atoms with Gasteiger partial charge in [0.2, 0.25) is 10.0 Å². The Kier molecular flexibility index (Phi) is 7.40. The molecule has 0 atom stereocenters. The van der Waals surface area contributed by atoms with Crippen molar-refractivity contribution in [2.45, 2.75) is 29.1 Å². The molecule has 2 aliphatic rings. The Labute approximate surface area is 194 Å². The van der Waals surface area contributed by atoms with Crippen LogP contribution >= 0.6 is 11.8 Å². The van der Waals surface area contributed by atoms with Gasteiger partial charge in [0, 0.05) is 42.4 Å². The van der Waals surface area contributed by atoms with Gasteiger partial charge in [0.05, 0.1) is 23.7 Å². The van der Waals surface area contributed by atoms with Gasteiger partial charge in [-0.25, -0.2) is 8.42 Å². The van der Waals surface area contributed by atoms with Crippen molar-refractivity contribution in [3.63, 3.8) is 0 Å². The van der Waals surface area contributed by atoms with Crippen LogP contribution in [0.25, 0.3) is 0 Å². The second-order valence-electron chi connectivity index (χ2n) is 7.93. The summed E-state index contributed by atoms with van der Waals surface area (Å²) in [6, 6.07) is 12.6. The number of benzene rings is 2. The van der Waals surface area contributed by atoms with Crippen LogP contribution in [0.2, 0.25) is 0 Å². The molecule has 0 radical (unpaired) electrons. The lowest BCUT2D eigenvalue weighted by atomic mass is 10.1. The summed E-state index contributed by atoms with van der Waals surface area (Å²) in [4.78, 5) is 16.7. The number of carbonyl (C=O) groups is 1. The summed E-state index contributed by atoms with van der Waals surface area (Å²) in [6.07, 6.45) is 5.27. The summed E-state index contributed by atoms with van der Waals surface area (Å²) in [6.45, 7) is 3.11. The molecule has 0 aliphatic carbocycles. The number of amides is 1. The fourth-order valence-electron chi connectivity index (χ4n) is 4.10. The molecule has 9 heteroatoms. The molecule has 0 saturated carbocycles. The zero-order valence-electron chi connectivity index (χ0n) is 18.2. The fraction of sp³-hybridized carbons (Fsp3) is 0.435. The highest BCUT2D eigenvalue weighted by Gasteiger charge is 2.29. The number of morpholine rings is 1. The Morgan fingerprint density at radius 1 is 1.00 bits per heavy atom. The van der Waals surface area contributed by atoms with Crippen molar-refractivity contribution in [3.05, 3.63) is 48.0 Å². The summed E-state index contributed by atoms with van der Waals surface area (Å²) < 4.78 is 33.2. The number of rotatable bonds is 6. The molecule has 1 N–H and O–H groups in total. The molecule has 2 aliphatic heterocycles. The summed E-state index contributed by atoms with van der Waals surface area (Å²) in [5, 5.41) is 2.96. The normalized spacial score (nSPS) is 17.8. The third kappa shape index (κ3) is 5.11. The summed E-state index contributed by atoms with van der Waals surface area (Å²) >= 11 is 1.60. The minimum absolute atomic E-state index is 0.142. The van der Waals surface area contributed by atoms with Crippen LogP contribution < -0.4 is 10.2 Å². The molecule has 32 heavy (non-hydrogen) atoms. The van der Waals surface area contributed by atoms with Gasteiger partial charge in [0.1, 0.15) is 0 Å². The fourth-order valence-corrected chi connectivity index (χ4v) is 6.00. The maximum atomic E-state index is 13.4. The number of ether oxygens (including phenoxy) is 1. The first-order valence-corrected chi connectivity index (χ1v) is 13.6. The number of nitrogens with one attached hydrogen (secondary N) is 1. The average Bonchev–Trinajstić information content (AvgIpc) is 2.85. The highest BCUT2D eigenvalue weighted by Crippen LogP contribution is 2.29. The SMILES string of the molecule is CSc1cccc(NC(=O)c2cc(S(=O)(=O)N3CCOCC3)ccc2N2CCCCC2)c1. The van der Waals surface area contributed by atoms with E-state index in [4.69, 9.17) is 4.74 Å². The molecule has 2 aromatic carbocycles. The lowest BCUT2D eigenvalue weighted by Crippen LogP contribution is -2.40. The molecule has 2 fully saturated rings. The predicted molar refractivity (Wildman–Crippen MR) is 128 cm³/mol. The third-order valence-corrected chi connectivity index (χ3v) is 8.46. The molecule has 2 heterocycles. The van der Waals surface area contributed by atoms with E-state index in [1.54, 1.807) is 23.9 Å². The number of piperidine rings is 1. The van der Waals surface area contributed by atoms with Crippen molar-refractivity contribution in [2.24, 2.45) is 0 Å². The lowest BCUT2D eigenvalue weighted by molar-refractivity contribution is 0.0730. The first-order valence-electron chi connectivity index (χ1n) is 10.9. The van der Waals surface area contributed by atoms with E-state index in [1.165, 1.54) is 16.8 Å². The van der Waals surface area contributed by atoms with Gasteiger partial charge in [-0.2, -0.15) is 4.31 Å². The number of sulfonamides is 1. The number of nitrogens with zero attached hydrogens (tertiary/aromatic N) is 2. The zero-order chi connectivity index (χ0) is 22.6. The summed E-state index contributed by atoms with van der Waals surface area (Å²) in [7, 11) is -3.70. The van der Waals surface area contributed by atoms with E-state index < -0.39 is 10.0 Å². The monoisotopic (exact) mass is 475 g/mol. The van der Waals surface area contributed by atoms with Gasteiger partial charge in [-0.3, -0.25) is 4.79 Å². The molecule has 4 rings (SSSR count). The van der Waals surface area contributed by atoms with Crippen molar-refractivity contribution in [2.75, 3.05) is 55.9 Å². The van der Waals surface area contributed by atoms with Gasteiger partial charge in [-0.1, -0.05) is 6.07 Å². The van der Waals surface area contributed by atoms with Gasteiger partial charge >= 0.3 is 0 Å². The maximum absolute atomic E-state index is 13.4. The van der Waals surface area contributed by atoms with Gasteiger partial charge in [-0.15, -0.1) is 11.8 Å². The molecular formula is C23H29N3O4S2. The van der Waals surface area contributed by atoms with E-state index in [-0.39, 0.29) is 10.8 Å². The first kappa shape index (κ1) is 23.1. The zero-order valence-corrected chi connectivity index (χ0v) is 19.9. The van der Waals surface area contributed by atoms with Crippen LogP contribution in [0.3, 0.4) is 0 Å². The van der Waals surface area contributed by atoms with Crippen LogP contribution in [0.15, 0.2) is 52.3 Å². The third-order valence-electron chi connectivity index (χ3n) is 5.84. The maximum Gasteiger partial charge on any atom is 0.257 e. The van der Waals surface area contributed by atoms with E-state index in [2.05, 4.69) is 10.2 Å². The Morgan fingerprint density at radius 3 is 2.47 bits per heavy atom. The van der Waals surface area contributed by atoms with E-state index >= 15 is 0 Å². The highest BCUT2D eigenvalue weighted by atomic mass is 32.2. The van der Waals surface area contributed by atoms with Crippen LogP contribution in [0.4, 0.5) is 11.4 Å². The molecule has 0 aromatic heterocycles. The largest absolute Gasteiger partial charge is 0.379 e. The van der Waals surface area contributed by atoms with E-state index in [0.717, 1.165) is 36.5 Å². The van der Waals surface area contributed by atoms with Crippen LogP contribution in [0, 0.1) is 0 Å². The molecule has 0 bridgehead atoms.